The maximum atomic E-state index is 12.6. The first kappa shape index (κ1) is 15.7. The van der Waals surface area contributed by atoms with Gasteiger partial charge in [-0.1, -0.05) is 30.3 Å². The molecule has 1 aromatic carbocycles. The van der Waals surface area contributed by atoms with Gasteiger partial charge >= 0.3 is 0 Å². The molecule has 0 saturated carbocycles. The minimum Gasteiger partial charge on any atom is -0.288 e. The molecule has 0 N–H and O–H groups in total. The predicted molar refractivity (Wildman–Crippen MR) is 94.1 cm³/mol. The molecule has 25 heavy (non-hydrogen) atoms. The van der Waals surface area contributed by atoms with Crippen LogP contribution in [0.5, 0.6) is 0 Å². The van der Waals surface area contributed by atoms with Gasteiger partial charge in [0, 0.05) is 24.5 Å². The summed E-state index contributed by atoms with van der Waals surface area (Å²) in [4.78, 5) is 27.3. The van der Waals surface area contributed by atoms with E-state index in [2.05, 4.69) is 17.1 Å². The molecule has 6 nitrogen and oxygen atoms in total. The molecule has 1 aromatic heterocycles. The third kappa shape index (κ3) is 2.29. The number of nitro groups is 1. The monoisotopic (exact) mass is 336 g/mol. The second-order valence-electron chi connectivity index (χ2n) is 6.80. The highest BCUT2D eigenvalue weighted by atomic mass is 16.6. The number of quaternary nitrogens is 1. The SMILES string of the molecule is C[N+]1(c2ccc([N+](=O)[O-])cn2)C2CC(c3ccccc3)C1C=CC2=O. The summed E-state index contributed by atoms with van der Waals surface area (Å²) in [5, 5.41) is 10.9. The van der Waals surface area contributed by atoms with Crippen molar-refractivity contribution in [1.82, 2.24) is 9.47 Å². The molecule has 0 aliphatic carbocycles. The molecule has 4 rings (SSSR count). The highest BCUT2D eigenvalue weighted by Gasteiger charge is 2.58. The van der Waals surface area contributed by atoms with Crippen molar-refractivity contribution in [2.75, 3.05) is 7.05 Å². The number of nitrogens with zero attached hydrogens (tertiary/aromatic N) is 3. The second-order valence-corrected chi connectivity index (χ2v) is 6.80. The van der Waals surface area contributed by atoms with Crippen LogP contribution in [0, 0.1) is 10.1 Å². The zero-order chi connectivity index (χ0) is 17.6. The van der Waals surface area contributed by atoms with E-state index in [0.717, 1.165) is 6.42 Å². The molecule has 2 aliphatic rings. The largest absolute Gasteiger partial charge is 0.288 e. The van der Waals surface area contributed by atoms with E-state index in [0.29, 0.717) is 10.3 Å². The van der Waals surface area contributed by atoms with Gasteiger partial charge in [-0.3, -0.25) is 19.4 Å². The van der Waals surface area contributed by atoms with Crippen LogP contribution in [-0.4, -0.2) is 34.8 Å². The number of pyridine rings is 1. The van der Waals surface area contributed by atoms with Crippen LogP contribution in [0.2, 0.25) is 0 Å². The Morgan fingerprint density at radius 1 is 1.20 bits per heavy atom. The molecule has 4 atom stereocenters. The van der Waals surface area contributed by atoms with Crippen LogP contribution in [0.4, 0.5) is 11.5 Å². The van der Waals surface area contributed by atoms with Crippen LogP contribution in [0.3, 0.4) is 0 Å². The third-order valence-corrected chi connectivity index (χ3v) is 5.61. The molecule has 2 aliphatic heterocycles. The summed E-state index contributed by atoms with van der Waals surface area (Å²) in [5.41, 5.74) is 1.17. The van der Waals surface area contributed by atoms with E-state index < -0.39 is 4.92 Å². The Morgan fingerprint density at radius 2 is 1.96 bits per heavy atom. The summed E-state index contributed by atoms with van der Waals surface area (Å²) in [5.74, 6) is 1.00. The van der Waals surface area contributed by atoms with Crippen molar-refractivity contribution in [3.63, 3.8) is 0 Å². The predicted octanol–water partition coefficient (Wildman–Crippen LogP) is 2.99. The summed E-state index contributed by atoms with van der Waals surface area (Å²) in [6.07, 6.45) is 5.69. The number of ketones is 1. The number of carbonyl (C=O) groups excluding carboxylic acids is 1. The average molecular weight is 336 g/mol. The van der Waals surface area contributed by atoms with Gasteiger partial charge in [0.05, 0.1) is 12.0 Å². The molecule has 1 fully saturated rings. The molecular weight excluding hydrogens is 318 g/mol. The Hall–Kier alpha value is -2.86. The molecule has 1 saturated heterocycles. The van der Waals surface area contributed by atoms with Crippen molar-refractivity contribution < 1.29 is 9.72 Å². The van der Waals surface area contributed by atoms with Gasteiger partial charge in [-0.25, -0.2) is 0 Å². The molecule has 0 spiro atoms. The lowest BCUT2D eigenvalue weighted by molar-refractivity contribution is -0.385. The number of carbonyl (C=O) groups is 1. The Bertz CT molecular complexity index is 863. The molecule has 2 bridgehead atoms. The zero-order valence-electron chi connectivity index (χ0n) is 13.8. The van der Waals surface area contributed by atoms with Gasteiger partial charge in [-0.05, 0) is 17.7 Å². The maximum absolute atomic E-state index is 12.6. The zero-order valence-corrected chi connectivity index (χ0v) is 13.8. The lowest BCUT2D eigenvalue weighted by Gasteiger charge is -2.40. The van der Waals surface area contributed by atoms with Crippen molar-refractivity contribution in [3.8, 4) is 0 Å². The highest BCUT2D eigenvalue weighted by Crippen LogP contribution is 2.47. The first-order valence-electron chi connectivity index (χ1n) is 8.25. The molecular formula is C19H18N3O3+. The van der Waals surface area contributed by atoms with E-state index in [1.807, 2.05) is 31.3 Å². The van der Waals surface area contributed by atoms with E-state index in [4.69, 9.17) is 0 Å². The van der Waals surface area contributed by atoms with E-state index in [-0.39, 0.29) is 29.5 Å². The van der Waals surface area contributed by atoms with Gasteiger partial charge in [0.2, 0.25) is 11.6 Å². The Labute approximate surface area is 145 Å². The molecule has 0 amide bonds. The number of rotatable bonds is 3. The number of hydrogen-bond donors (Lipinski definition) is 0. The van der Waals surface area contributed by atoms with Gasteiger partial charge in [-0.2, -0.15) is 4.98 Å². The summed E-state index contributed by atoms with van der Waals surface area (Å²) >= 11 is 0. The van der Waals surface area contributed by atoms with E-state index in [1.54, 1.807) is 12.1 Å². The number of benzene rings is 1. The minimum absolute atomic E-state index is 0.0406. The van der Waals surface area contributed by atoms with Gasteiger partial charge in [-0.15, -0.1) is 0 Å². The first-order chi connectivity index (χ1) is 12.0. The van der Waals surface area contributed by atoms with Crippen molar-refractivity contribution in [2.24, 2.45) is 0 Å². The Morgan fingerprint density at radius 3 is 2.60 bits per heavy atom. The molecule has 0 radical (unpaired) electrons. The lowest BCUT2D eigenvalue weighted by Crippen LogP contribution is -2.59. The fourth-order valence-electron chi connectivity index (χ4n) is 4.30. The van der Waals surface area contributed by atoms with Crippen molar-refractivity contribution in [1.29, 1.82) is 0 Å². The standard InChI is InChI=1S/C19H18N3O3/c1-22(19-10-7-14(12-20-19)21(24)25)16-8-9-18(23)17(22)11-15(16)13-5-3-2-4-6-13/h2-10,12,15-17H,11H2,1H3/q+1. The van der Waals surface area contributed by atoms with E-state index in [1.165, 1.54) is 17.8 Å². The fraction of sp³-hybridized carbons (Fsp3) is 0.263. The highest BCUT2D eigenvalue weighted by molar-refractivity contribution is 5.98. The normalized spacial score (nSPS) is 30.4. The quantitative estimate of drug-likeness (QED) is 0.491. The van der Waals surface area contributed by atoms with Crippen molar-refractivity contribution in [3.05, 3.63) is 76.5 Å². The van der Waals surface area contributed by atoms with Gasteiger partial charge in [0.1, 0.15) is 12.2 Å². The average Bonchev–Trinajstić information content (AvgIpc) is 2.81. The van der Waals surface area contributed by atoms with Crippen LogP contribution in [0.1, 0.15) is 17.9 Å². The fourth-order valence-corrected chi connectivity index (χ4v) is 4.30. The third-order valence-electron chi connectivity index (χ3n) is 5.61. The first-order valence-corrected chi connectivity index (χ1v) is 8.25. The van der Waals surface area contributed by atoms with Crippen LogP contribution < -0.4 is 4.48 Å². The van der Waals surface area contributed by atoms with Crippen LogP contribution in [-0.2, 0) is 4.79 Å². The number of fused-ring (bicyclic) bond motifs is 2. The number of likely N-dealkylation sites (N-methyl/N-ethyl adjacent to an activating group) is 1. The van der Waals surface area contributed by atoms with Crippen LogP contribution >= 0.6 is 0 Å². The van der Waals surface area contributed by atoms with E-state index >= 15 is 0 Å². The summed E-state index contributed by atoms with van der Waals surface area (Å²) in [6, 6.07) is 13.2. The van der Waals surface area contributed by atoms with Gasteiger partial charge < -0.3 is 0 Å². The van der Waals surface area contributed by atoms with Gasteiger partial charge in [0.15, 0.2) is 6.04 Å². The molecule has 4 unspecified atom stereocenters. The topological polar surface area (TPSA) is 73.1 Å². The lowest BCUT2D eigenvalue weighted by atomic mass is 9.91. The summed E-state index contributed by atoms with van der Waals surface area (Å²) in [7, 11) is 2.01. The molecule has 3 heterocycles. The number of hydrogen-bond acceptors (Lipinski definition) is 4. The van der Waals surface area contributed by atoms with Crippen molar-refractivity contribution >= 4 is 17.3 Å². The van der Waals surface area contributed by atoms with Crippen molar-refractivity contribution in [2.45, 2.75) is 24.4 Å². The second kappa shape index (κ2) is 5.60. The van der Waals surface area contributed by atoms with Crippen LogP contribution in [0.15, 0.2) is 60.8 Å². The smallest absolute Gasteiger partial charge is 0.288 e. The van der Waals surface area contributed by atoms with Crippen LogP contribution in [0.25, 0.3) is 0 Å². The summed E-state index contributed by atoms with van der Waals surface area (Å²) < 4.78 is 0.368. The molecule has 6 heteroatoms. The van der Waals surface area contributed by atoms with E-state index in [9.17, 15) is 14.9 Å². The van der Waals surface area contributed by atoms with Gasteiger partial charge in [0.25, 0.3) is 5.69 Å². The Kier molecular flexibility index (Phi) is 3.51. The summed E-state index contributed by atoms with van der Waals surface area (Å²) in [6.45, 7) is 0. The minimum atomic E-state index is -0.459. The maximum Gasteiger partial charge on any atom is 0.288 e. The molecule has 126 valence electrons. The molecule has 2 aromatic rings. The number of aromatic nitrogens is 1. The Balaban J connectivity index is 1.79.